The highest BCUT2D eigenvalue weighted by Crippen LogP contribution is 2.39. The van der Waals surface area contributed by atoms with Gasteiger partial charge in [-0.15, -0.1) is 0 Å². The lowest BCUT2D eigenvalue weighted by Gasteiger charge is -2.35. The standard InChI is InChI=1S/C18H24BrN3O2/c1-4-8-22-10-14-16(20-18(23)17(14)21(3)11-22)13-9-12(19)6-7-15(13)24-5-2/h6-7,9,16H,4-5,8,10-11H2,1-3H3,(H,20,23). The van der Waals surface area contributed by atoms with E-state index < -0.39 is 0 Å². The van der Waals surface area contributed by atoms with E-state index in [4.69, 9.17) is 4.74 Å². The van der Waals surface area contributed by atoms with Gasteiger partial charge in [0.05, 0.1) is 19.3 Å². The zero-order valence-corrected chi connectivity index (χ0v) is 16.0. The van der Waals surface area contributed by atoms with E-state index in [2.05, 4.69) is 38.0 Å². The van der Waals surface area contributed by atoms with Gasteiger partial charge in [-0.2, -0.15) is 0 Å². The number of nitrogens with zero attached hydrogens (tertiary/aromatic N) is 2. The van der Waals surface area contributed by atoms with Gasteiger partial charge in [0.25, 0.3) is 5.91 Å². The molecule has 2 heterocycles. The van der Waals surface area contributed by atoms with E-state index in [-0.39, 0.29) is 11.9 Å². The fraction of sp³-hybridized carbons (Fsp3) is 0.500. The first-order chi connectivity index (χ1) is 11.5. The Balaban J connectivity index is 2.00. The van der Waals surface area contributed by atoms with Gasteiger partial charge in [0.2, 0.25) is 0 Å². The van der Waals surface area contributed by atoms with Crippen molar-refractivity contribution < 1.29 is 9.53 Å². The van der Waals surface area contributed by atoms with Gasteiger partial charge < -0.3 is 15.0 Å². The van der Waals surface area contributed by atoms with E-state index in [0.717, 1.165) is 53.2 Å². The van der Waals surface area contributed by atoms with E-state index in [1.165, 1.54) is 0 Å². The Kier molecular flexibility index (Phi) is 5.15. The van der Waals surface area contributed by atoms with Crippen LogP contribution in [0.3, 0.4) is 0 Å². The molecule has 3 rings (SSSR count). The van der Waals surface area contributed by atoms with Crippen LogP contribution in [0.15, 0.2) is 33.9 Å². The minimum absolute atomic E-state index is 0.0103. The van der Waals surface area contributed by atoms with Crippen molar-refractivity contribution in [2.75, 3.05) is 33.4 Å². The molecule has 0 aromatic heterocycles. The SMILES string of the molecule is CCCN1CC2=C(C(=O)NC2c2cc(Br)ccc2OCC)N(C)C1. The number of benzene rings is 1. The lowest BCUT2D eigenvalue weighted by molar-refractivity contribution is -0.118. The Hall–Kier alpha value is -1.53. The van der Waals surface area contributed by atoms with Gasteiger partial charge in [-0.3, -0.25) is 9.69 Å². The minimum Gasteiger partial charge on any atom is -0.494 e. The summed E-state index contributed by atoms with van der Waals surface area (Å²) < 4.78 is 6.78. The third kappa shape index (κ3) is 3.17. The monoisotopic (exact) mass is 393 g/mol. The molecule has 0 radical (unpaired) electrons. The molecule has 1 unspecified atom stereocenters. The molecule has 0 spiro atoms. The smallest absolute Gasteiger partial charge is 0.268 e. The maximum absolute atomic E-state index is 12.5. The number of ether oxygens (including phenoxy) is 1. The molecule has 1 aromatic rings. The molecule has 1 aromatic carbocycles. The molecule has 1 amide bonds. The fourth-order valence-corrected chi connectivity index (χ4v) is 3.96. The van der Waals surface area contributed by atoms with Crippen molar-refractivity contribution in [3.63, 3.8) is 0 Å². The molecule has 2 aliphatic rings. The van der Waals surface area contributed by atoms with Crippen molar-refractivity contribution in [2.24, 2.45) is 0 Å². The van der Waals surface area contributed by atoms with Crippen LogP contribution in [-0.2, 0) is 4.79 Å². The van der Waals surface area contributed by atoms with Gasteiger partial charge in [0.15, 0.2) is 0 Å². The molecule has 0 saturated carbocycles. The van der Waals surface area contributed by atoms with Crippen LogP contribution in [-0.4, -0.2) is 49.1 Å². The quantitative estimate of drug-likeness (QED) is 0.834. The number of carbonyl (C=O) groups excluding carboxylic acids is 1. The molecule has 2 aliphatic heterocycles. The maximum atomic E-state index is 12.5. The second-order valence-electron chi connectivity index (χ2n) is 6.29. The summed E-state index contributed by atoms with van der Waals surface area (Å²) in [7, 11) is 1.99. The molecular weight excluding hydrogens is 370 g/mol. The Morgan fingerprint density at radius 3 is 2.88 bits per heavy atom. The summed E-state index contributed by atoms with van der Waals surface area (Å²) in [6, 6.07) is 5.85. The first-order valence-electron chi connectivity index (χ1n) is 8.44. The largest absolute Gasteiger partial charge is 0.494 e. The number of amides is 1. The van der Waals surface area contributed by atoms with Gasteiger partial charge in [-0.1, -0.05) is 22.9 Å². The summed E-state index contributed by atoms with van der Waals surface area (Å²) in [5.74, 6) is 0.839. The van der Waals surface area contributed by atoms with Gasteiger partial charge >= 0.3 is 0 Å². The first kappa shape index (κ1) is 17.3. The Labute approximate surface area is 151 Å². The second kappa shape index (κ2) is 7.15. The average molecular weight is 394 g/mol. The van der Waals surface area contributed by atoms with E-state index in [0.29, 0.717) is 6.61 Å². The average Bonchev–Trinajstić information content (AvgIpc) is 2.87. The molecule has 130 valence electrons. The number of halogens is 1. The molecule has 6 heteroatoms. The predicted molar refractivity (Wildman–Crippen MR) is 97.7 cm³/mol. The van der Waals surface area contributed by atoms with E-state index >= 15 is 0 Å². The van der Waals surface area contributed by atoms with Crippen LogP contribution >= 0.6 is 15.9 Å². The third-order valence-corrected chi connectivity index (χ3v) is 4.95. The summed E-state index contributed by atoms with van der Waals surface area (Å²) >= 11 is 3.54. The summed E-state index contributed by atoms with van der Waals surface area (Å²) in [6.45, 7) is 7.39. The van der Waals surface area contributed by atoms with E-state index in [1.54, 1.807) is 0 Å². The lowest BCUT2D eigenvalue weighted by Crippen LogP contribution is -2.43. The highest BCUT2D eigenvalue weighted by Gasteiger charge is 2.39. The third-order valence-electron chi connectivity index (χ3n) is 4.45. The van der Waals surface area contributed by atoms with E-state index in [1.807, 2.05) is 32.2 Å². The Bertz CT molecular complexity index is 674. The fourth-order valence-electron chi connectivity index (χ4n) is 3.58. The summed E-state index contributed by atoms with van der Waals surface area (Å²) in [4.78, 5) is 17.0. The Morgan fingerprint density at radius 1 is 1.38 bits per heavy atom. The van der Waals surface area contributed by atoms with E-state index in [9.17, 15) is 4.79 Å². The molecule has 5 nitrogen and oxygen atoms in total. The normalized spacial score (nSPS) is 21.1. The molecule has 0 aliphatic carbocycles. The van der Waals surface area contributed by atoms with Crippen LogP contribution < -0.4 is 10.1 Å². The maximum Gasteiger partial charge on any atom is 0.268 e. The number of hydrogen-bond acceptors (Lipinski definition) is 4. The van der Waals surface area contributed by atoms with Crippen molar-refractivity contribution >= 4 is 21.8 Å². The predicted octanol–water partition coefficient (Wildman–Crippen LogP) is 2.89. The molecular formula is C18H24BrN3O2. The van der Waals surface area contributed by atoms with Crippen molar-refractivity contribution in [2.45, 2.75) is 26.3 Å². The second-order valence-corrected chi connectivity index (χ2v) is 7.20. The topological polar surface area (TPSA) is 44.8 Å². The highest BCUT2D eigenvalue weighted by molar-refractivity contribution is 9.10. The lowest BCUT2D eigenvalue weighted by atomic mass is 9.97. The van der Waals surface area contributed by atoms with Gasteiger partial charge in [-0.25, -0.2) is 0 Å². The van der Waals surface area contributed by atoms with Crippen LogP contribution in [0.25, 0.3) is 0 Å². The van der Waals surface area contributed by atoms with Crippen LogP contribution in [0, 0.1) is 0 Å². The van der Waals surface area contributed by atoms with Crippen molar-refractivity contribution in [3.8, 4) is 5.75 Å². The van der Waals surface area contributed by atoms with Crippen LogP contribution in [0.2, 0.25) is 0 Å². The van der Waals surface area contributed by atoms with Crippen LogP contribution in [0.1, 0.15) is 31.9 Å². The molecule has 1 atom stereocenters. The molecule has 0 bridgehead atoms. The van der Waals surface area contributed by atoms with Crippen molar-refractivity contribution in [1.29, 1.82) is 0 Å². The van der Waals surface area contributed by atoms with Gasteiger partial charge in [-0.05, 0) is 43.7 Å². The molecule has 0 saturated heterocycles. The van der Waals surface area contributed by atoms with Gasteiger partial charge in [0.1, 0.15) is 11.4 Å². The minimum atomic E-state index is -0.131. The summed E-state index contributed by atoms with van der Waals surface area (Å²) in [5, 5.41) is 3.15. The molecule has 0 fully saturated rings. The number of nitrogens with one attached hydrogen (secondary N) is 1. The number of carbonyl (C=O) groups is 1. The first-order valence-corrected chi connectivity index (χ1v) is 9.24. The summed E-state index contributed by atoms with van der Waals surface area (Å²) in [6.07, 6.45) is 1.10. The number of rotatable bonds is 5. The van der Waals surface area contributed by atoms with Crippen LogP contribution in [0.5, 0.6) is 5.75 Å². The van der Waals surface area contributed by atoms with Gasteiger partial charge in [0, 0.05) is 23.6 Å². The number of likely N-dealkylation sites (N-methyl/N-ethyl adjacent to an activating group) is 1. The van der Waals surface area contributed by atoms with Crippen LogP contribution in [0.4, 0.5) is 0 Å². The van der Waals surface area contributed by atoms with Crippen molar-refractivity contribution in [1.82, 2.24) is 15.1 Å². The Morgan fingerprint density at radius 2 is 2.17 bits per heavy atom. The number of hydrogen-bond donors (Lipinski definition) is 1. The molecule has 1 N–H and O–H groups in total. The van der Waals surface area contributed by atoms with Crippen molar-refractivity contribution in [3.05, 3.63) is 39.5 Å². The summed E-state index contributed by atoms with van der Waals surface area (Å²) in [5.41, 5.74) is 2.97. The zero-order valence-electron chi connectivity index (χ0n) is 14.4. The molecule has 24 heavy (non-hydrogen) atoms. The highest BCUT2D eigenvalue weighted by atomic mass is 79.9. The zero-order chi connectivity index (χ0) is 17.3.